The van der Waals surface area contributed by atoms with Gasteiger partial charge >= 0.3 is 5.97 Å². The van der Waals surface area contributed by atoms with E-state index in [1.54, 1.807) is 0 Å². The number of carbonyl (C=O) groups is 2. The lowest BCUT2D eigenvalue weighted by Gasteiger charge is -2.39. The standard InChI is InChI=1S/C18H25NO4/c1-18(2,14-9-6-10-14)17(22)19-11-15(20)16(21)23-12-13-7-4-3-5-8-13/h3-5,7-8,14-15,20H,6,9-12H2,1-2H3,(H,19,22)/t15-/m1/s1. The molecule has 0 heterocycles. The molecular formula is C18H25NO4. The van der Waals surface area contributed by atoms with Gasteiger partial charge in [0.25, 0.3) is 0 Å². The van der Waals surface area contributed by atoms with E-state index in [2.05, 4.69) is 5.32 Å². The Labute approximate surface area is 137 Å². The largest absolute Gasteiger partial charge is 0.459 e. The third-order valence-corrected chi connectivity index (χ3v) is 4.66. The van der Waals surface area contributed by atoms with Gasteiger partial charge in [-0.1, -0.05) is 50.6 Å². The fourth-order valence-corrected chi connectivity index (χ4v) is 2.64. The van der Waals surface area contributed by atoms with Crippen LogP contribution in [0.2, 0.25) is 0 Å². The first kappa shape index (κ1) is 17.5. The Morgan fingerprint density at radius 2 is 1.96 bits per heavy atom. The summed E-state index contributed by atoms with van der Waals surface area (Å²) in [6.07, 6.45) is 1.93. The molecule has 1 amide bonds. The average molecular weight is 319 g/mol. The summed E-state index contributed by atoms with van der Waals surface area (Å²) < 4.78 is 5.05. The molecule has 23 heavy (non-hydrogen) atoms. The number of carbonyl (C=O) groups excluding carboxylic acids is 2. The maximum atomic E-state index is 12.2. The molecule has 2 rings (SSSR count). The van der Waals surface area contributed by atoms with E-state index in [1.165, 1.54) is 0 Å². The topological polar surface area (TPSA) is 75.6 Å². The van der Waals surface area contributed by atoms with Crippen LogP contribution in [0.1, 0.15) is 38.7 Å². The van der Waals surface area contributed by atoms with Crippen molar-refractivity contribution in [2.75, 3.05) is 6.54 Å². The summed E-state index contributed by atoms with van der Waals surface area (Å²) in [5, 5.41) is 12.5. The summed E-state index contributed by atoms with van der Waals surface area (Å²) >= 11 is 0. The lowest BCUT2D eigenvalue weighted by atomic mass is 9.67. The molecule has 0 spiro atoms. The Bertz CT molecular complexity index is 537. The molecule has 1 saturated carbocycles. The molecule has 2 N–H and O–H groups in total. The SMILES string of the molecule is CC(C)(C(=O)NC[C@@H](O)C(=O)OCc1ccccc1)C1CCC1. The normalized spacial score (nSPS) is 16.3. The number of esters is 1. The molecule has 5 nitrogen and oxygen atoms in total. The van der Waals surface area contributed by atoms with Gasteiger partial charge in [0.2, 0.25) is 5.91 Å². The fraction of sp³-hybridized carbons (Fsp3) is 0.556. The first-order valence-corrected chi connectivity index (χ1v) is 8.08. The van der Waals surface area contributed by atoms with Crippen molar-refractivity contribution in [2.24, 2.45) is 11.3 Å². The number of ether oxygens (including phenoxy) is 1. The summed E-state index contributed by atoms with van der Waals surface area (Å²) in [7, 11) is 0. The summed E-state index contributed by atoms with van der Waals surface area (Å²) in [6.45, 7) is 3.80. The van der Waals surface area contributed by atoms with Crippen LogP contribution in [0.3, 0.4) is 0 Å². The second-order valence-corrected chi connectivity index (χ2v) is 6.67. The third kappa shape index (κ3) is 4.55. The van der Waals surface area contributed by atoms with Crippen molar-refractivity contribution >= 4 is 11.9 Å². The summed E-state index contributed by atoms with van der Waals surface area (Å²) in [6, 6.07) is 9.25. The van der Waals surface area contributed by atoms with E-state index in [4.69, 9.17) is 4.74 Å². The lowest BCUT2D eigenvalue weighted by Crippen LogP contribution is -2.47. The van der Waals surface area contributed by atoms with Crippen molar-refractivity contribution < 1.29 is 19.4 Å². The highest BCUT2D eigenvalue weighted by Crippen LogP contribution is 2.41. The van der Waals surface area contributed by atoms with Crippen LogP contribution < -0.4 is 5.32 Å². The Morgan fingerprint density at radius 3 is 2.52 bits per heavy atom. The van der Waals surface area contributed by atoms with Crippen molar-refractivity contribution in [1.29, 1.82) is 0 Å². The van der Waals surface area contributed by atoms with Crippen molar-refractivity contribution in [2.45, 2.75) is 45.8 Å². The minimum atomic E-state index is -1.35. The van der Waals surface area contributed by atoms with Crippen LogP contribution in [-0.2, 0) is 20.9 Å². The maximum Gasteiger partial charge on any atom is 0.337 e. The van der Waals surface area contributed by atoms with Crippen molar-refractivity contribution in [3.63, 3.8) is 0 Å². The summed E-state index contributed by atoms with van der Waals surface area (Å²) in [5.74, 6) is -0.475. The Morgan fingerprint density at radius 1 is 1.30 bits per heavy atom. The van der Waals surface area contributed by atoms with Crippen LogP contribution in [0.25, 0.3) is 0 Å². The van der Waals surface area contributed by atoms with E-state index in [0.717, 1.165) is 24.8 Å². The number of aliphatic hydroxyl groups excluding tert-OH is 1. The van der Waals surface area contributed by atoms with Gasteiger partial charge in [0, 0.05) is 5.41 Å². The molecule has 0 saturated heterocycles. The molecule has 1 aromatic carbocycles. The average Bonchev–Trinajstić information content (AvgIpc) is 2.48. The molecule has 126 valence electrons. The minimum absolute atomic E-state index is 0.109. The van der Waals surface area contributed by atoms with E-state index in [0.29, 0.717) is 5.92 Å². The molecule has 1 atom stereocenters. The number of hydrogen-bond donors (Lipinski definition) is 2. The monoisotopic (exact) mass is 319 g/mol. The van der Waals surface area contributed by atoms with E-state index in [9.17, 15) is 14.7 Å². The van der Waals surface area contributed by atoms with Crippen LogP contribution in [0.15, 0.2) is 30.3 Å². The predicted molar refractivity (Wildman–Crippen MR) is 86.4 cm³/mol. The number of amides is 1. The van der Waals surface area contributed by atoms with Crippen LogP contribution in [0.5, 0.6) is 0 Å². The third-order valence-electron chi connectivity index (χ3n) is 4.66. The van der Waals surface area contributed by atoms with E-state index in [-0.39, 0.29) is 19.1 Å². The van der Waals surface area contributed by atoms with Gasteiger partial charge in [-0.3, -0.25) is 4.79 Å². The second-order valence-electron chi connectivity index (χ2n) is 6.67. The van der Waals surface area contributed by atoms with Gasteiger partial charge in [-0.15, -0.1) is 0 Å². The van der Waals surface area contributed by atoms with Gasteiger partial charge in [0.15, 0.2) is 6.10 Å². The highest BCUT2D eigenvalue weighted by atomic mass is 16.5. The van der Waals surface area contributed by atoms with Gasteiger partial charge in [0.05, 0.1) is 6.54 Å². The molecule has 1 aromatic rings. The molecular weight excluding hydrogens is 294 g/mol. The van der Waals surface area contributed by atoms with Gasteiger partial charge in [-0.05, 0) is 24.3 Å². The quantitative estimate of drug-likeness (QED) is 0.754. The van der Waals surface area contributed by atoms with E-state index >= 15 is 0 Å². The number of rotatable bonds is 7. The van der Waals surface area contributed by atoms with Crippen LogP contribution >= 0.6 is 0 Å². The van der Waals surface area contributed by atoms with Gasteiger partial charge in [0.1, 0.15) is 6.61 Å². The first-order valence-electron chi connectivity index (χ1n) is 8.08. The highest BCUT2D eigenvalue weighted by molar-refractivity contribution is 5.83. The predicted octanol–water partition coefficient (Wildman–Crippen LogP) is 2.03. The second kappa shape index (κ2) is 7.59. The van der Waals surface area contributed by atoms with Crippen molar-refractivity contribution in [1.82, 2.24) is 5.32 Å². The molecule has 1 aliphatic carbocycles. The minimum Gasteiger partial charge on any atom is -0.459 e. The Balaban J connectivity index is 1.74. The highest BCUT2D eigenvalue weighted by Gasteiger charge is 2.40. The molecule has 5 heteroatoms. The number of aliphatic hydroxyl groups is 1. The Kier molecular flexibility index (Phi) is 5.77. The molecule has 0 aliphatic heterocycles. The molecule has 0 bridgehead atoms. The smallest absolute Gasteiger partial charge is 0.337 e. The molecule has 0 unspecified atom stereocenters. The first-order chi connectivity index (χ1) is 10.9. The zero-order valence-electron chi connectivity index (χ0n) is 13.7. The van der Waals surface area contributed by atoms with Crippen LogP contribution in [0, 0.1) is 11.3 Å². The van der Waals surface area contributed by atoms with Gasteiger partial charge in [-0.2, -0.15) is 0 Å². The molecule has 0 radical (unpaired) electrons. The van der Waals surface area contributed by atoms with Gasteiger partial charge < -0.3 is 15.2 Å². The van der Waals surface area contributed by atoms with Crippen LogP contribution in [-0.4, -0.2) is 29.6 Å². The fourth-order valence-electron chi connectivity index (χ4n) is 2.64. The molecule has 1 aliphatic rings. The number of hydrogen-bond acceptors (Lipinski definition) is 4. The number of benzene rings is 1. The molecule has 0 aromatic heterocycles. The Hall–Kier alpha value is -1.88. The van der Waals surface area contributed by atoms with E-state index < -0.39 is 17.5 Å². The zero-order chi connectivity index (χ0) is 16.9. The van der Waals surface area contributed by atoms with Gasteiger partial charge in [-0.25, -0.2) is 4.79 Å². The van der Waals surface area contributed by atoms with E-state index in [1.807, 2.05) is 44.2 Å². The maximum absolute atomic E-state index is 12.2. The summed E-state index contributed by atoms with van der Waals surface area (Å²) in [5.41, 5.74) is 0.384. The van der Waals surface area contributed by atoms with Crippen molar-refractivity contribution in [3.05, 3.63) is 35.9 Å². The number of nitrogens with one attached hydrogen (secondary N) is 1. The summed E-state index contributed by atoms with van der Waals surface area (Å²) in [4.78, 5) is 24.0. The zero-order valence-corrected chi connectivity index (χ0v) is 13.7. The van der Waals surface area contributed by atoms with Crippen molar-refractivity contribution in [3.8, 4) is 0 Å². The van der Waals surface area contributed by atoms with Crippen LogP contribution in [0.4, 0.5) is 0 Å². The lowest BCUT2D eigenvalue weighted by molar-refractivity contribution is -0.155. The molecule has 1 fully saturated rings.